The van der Waals surface area contributed by atoms with Gasteiger partial charge in [-0.05, 0) is 36.6 Å². The molecule has 0 atom stereocenters. The Morgan fingerprint density at radius 3 is 2.61 bits per heavy atom. The van der Waals surface area contributed by atoms with Gasteiger partial charge in [-0.3, -0.25) is 0 Å². The molecule has 1 aromatic rings. The standard InChI is InChI=1S/C12H17ClN2O2S/c13-12-6-5-11(7-9(12)8-14)18(16,17)15-10-3-1-2-4-10/h5-7,10,15H,1-4,8,14H2. The van der Waals surface area contributed by atoms with E-state index in [1.54, 1.807) is 12.1 Å². The van der Waals surface area contributed by atoms with Crippen LogP contribution in [0.3, 0.4) is 0 Å². The Hall–Kier alpha value is -0.620. The molecule has 0 unspecified atom stereocenters. The van der Waals surface area contributed by atoms with Crippen LogP contribution in [0.25, 0.3) is 0 Å². The van der Waals surface area contributed by atoms with Gasteiger partial charge in [-0.2, -0.15) is 0 Å². The third-order valence-electron chi connectivity index (χ3n) is 3.22. The summed E-state index contributed by atoms with van der Waals surface area (Å²) in [4.78, 5) is 0.235. The molecule has 18 heavy (non-hydrogen) atoms. The van der Waals surface area contributed by atoms with Crippen molar-refractivity contribution in [1.29, 1.82) is 0 Å². The van der Waals surface area contributed by atoms with Gasteiger partial charge in [0.25, 0.3) is 0 Å². The van der Waals surface area contributed by atoms with E-state index < -0.39 is 10.0 Å². The Bertz CT molecular complexity index is 525. The number of sulfonamides is 1. The molecule has 0 saturated heterocycles. The molecule has 4 nitrogen and oxygen atoms in total. The molecule has 0 bridgehead atoms. The van der Waals surface area contributed by atoms with E-state index in [0.29, 0.717) is 10.6 Å². The van der Waals surface area contributed by atoms with Gasteiger partial charge < -0.3 is 5.73 Å². The average Bonchev–Trinajstić information content (AvgIpc) is 2.81. The zero-order valence-electron chi connectivity index (χ0n) is 10.0. The molecule has 0 radical (unpaired) electrons. The molecular formula is C12H17ClN2O2S. The zero-order valence-corrected chi connectivity index (χ0v) is 11.6. The molecule has 1 aromatic carbocycles. The fourth-order valence-electron chi connectivity index (χ4n) is 2.21. The molecule has 0 aromatic heterocycles. The van der Waals surface area contributed by atoms with E-state index in [-0.39, 0.29) is 17.5 Å². The van der Waals surface area contributed by atoms with Crippen molar-refractivity contribution < 1.29 is 8.42 Å². The maximum absolute atomic E-state index is 12.2. The maximum atomic E-state index is 12.2. The van der Waals surface area contributed by atoms with Crippen molar-refractivity contribution >= 4 is 21.6 Å². The van der Waals surface area contributed by atoms with Gasteiger partial charge in [0.15, 0.2) is 0 Å². The summed E-state index contributed by atoms with van der Waals surface area (Å²) < 4.78 is 27.1. The second-order valence-corrected chi connectivity index (χ2v) is 6.68. The molecule has 1 fully saturated rings. The Labute approximate surface area is 113 Å². The number of nitrogens with one attached hydrogen (secondary N) is 1. The molecule has 6 heteroatoms. The minimum absolute atomic E-state index is 0.0620. The summed E-state index contributed by atoms with van der Waals surface area (Å²) in [5.41, 5.74) is 6.17. The summed E-state index contributed by atoms with van der Waals surface area (Å²) in [5.74, 6) is 0. The molecular weight excluding hydrogens is 272 g/mol. The molecule has 0 amide bonds. The Kier molecular flexibility index (Phi) is 4.27. The highest BCUT2D eigenvalue weighted by Crippen LogP contribution is 2.23. The van der Waals surface area contributed by atoms with E-state index in [1.165, 1.54) is 6.07 Å². The number of rotatable bonds is 4. The van der Waals surface area contributed by atoms with Crippen LogP contribution < -0.4 is 10.5 Å². The van der Waals surface area contributed by atoms with Gasteiger partial charge >= 0.3 is 0 Å². The van der Waals surface area contributed by atoms with Gasteiger partial charge in [0.1, 0.15) is 0 Å². The Morgan fingerprint density at radius 2 is 2.00 bits per heavy atom. The summed E-state index contributed by atoms with van der Waals surface area (Å²) >= 11 is 5.92. The number of hydrogen-bond acceptors (Lipinski definition) is 3. The normalized spacial score (nSPS) is 17.2. The molecule has 0 heterocycles. The summed E-state index contributed by atoms with van der Waals surface area (Å²) in [5, 5.41) is 0.498. The van der Waals surface area contributed by atoms with Crippen molar-refractivity contribution in [3.05, 3.63) is 28.8 Å². The van der Waals surface area contributed by atoms with Gasteiger partial charge in [0.2, 0.25) is 10.0 Å². The largest absolute Gasteiger partial charge is 0.326 e. The second-order valence-electron chi connectivity index (χ2n) is 4.56. The van der Waals surface area contributed by atoms with Crippen LogP contribution in [0.1, 0.15) is 31.2 Å². The van der Waals surface area contributed by atoms with Crippen LogP contribution in [0.5, 0.6) is 0 Å². The zero-order chi connectivity index (χ0) is 13.2. The number of benzene rings is 1. The third-order valence-corrected chi connectivity index (χ3v) is 5.11. The molecule has 1 saturated carbocycles. The fraction of sp³-hybridized carbons (Fsp3) is 0.500. The lowest BCUT2D eigenvalue weighted by atomic mass is 10.2. The first kappa shape index (κ1) is 13.8. The number of hydrogen-bond donors (Lipinski definition) is 2. The van der Waals surface area contributed by atoms with E-state index >= 15 is 0 Å². The van der Waals surface area contributed by atoms with Crippen LogP contribution in [0.2, 0.25) is 5.02 Å². The summed E-state index contributed by atoms with van der Waals surface area (Å²) in [7, 11) is -3.46. The van der Waals surface area contributed by atoms with Gasteiger partial charge in [-0.25, -0.2) is 13.1 Å². The predicted octanol–water partition coefficient (Wildman–Crippen LogP) is 2.02. The van der Waals surface area contributed by atoms with E-state index in [4.69, 9.17) is 17.3 Å². The first-order chi connectivity index (χ1) is 8.53. The highest BCUT2D eigenvalue weighted by Gasteiger charge is 2.23. The second kappa shape index (κ2) is 5.57. The maximum Gasteiger partial charge on any atom is 0.240 e. The van der Waals surface area contributed by atoms with Crippen molar-refractivity contribution in [2.45, 2.75) is 43.2 Å². The lowest BCUT2D eigenvalue weighted by molar-refractivity contribution is 0.552. The Balaban J connectivity index is 2.23. The average molecular weight is 289 g/mol. The molecule has 1 aliphatic carbocycles. The summed E-state index contributed by atoms with van der Waals surface area (Å²) in [6.07, 6.45) is 4.00. The third kappa shape index (κ3) is 3.03. The quantitative estimate of drug-likeness (QED) is 0.890. The van der Waals surface area contributed by atoms with Crippen LogP contribution in [0.4, 0.5) is 0 Å². The molecule has 2 rings (SSSR count). The molecule has 100 valence electrons. The smallest absolute Gasteiger partial charge is 0.240 e. The van der Waals surface area contributed by atoms with E-state index in [9.17, 15) is 8.42 Å². The minimum Gasteiger partial charge on any atom is -0.326 e. The summed E-state index contributed by atoms with van der Waals surface area (Å²) in [6, 6.07) is 4.69. The van der Waals surface area contributed by atoms with E-state index in [1.807, 2.05) is 0 Å². The summed E-state index contributed by atoms with van der Waals surface area (Å²) in [6.45, 7) is 0.228. The topological polar surface area (TPSA) is 72.2 Å². The van der Waals surface area contributed by atoms with Gasteiger partial charge in [0.05, 0.1) is 4.90 Å². The van der Waals surface area contributed by atoms with Crippen LogP contribution in [-0.4, -0.2) is 14.5 Å². The molecule has 1 aliphatic rings. The van der Waals surface area contributed by atoms with Crippen molar-refractivity contribution in [1.82, 2.24) is 4.72 Å². The van der Waals surface area contributed by atoms with Gasteiger partial charge in [-0.15, -0.1) is 0 Å². The monoisotopic (exact) mass is 288 g/mol. The van der Waals surface area contributed by atoms with Crippen LogP contribution >= 0.6 is 11.6 Å². The van der Waals surface area contributed by atoms with Crippen LogP contribution in [0, 0.1) is 0 Å². The van der Waals surface area contributed by atoms with E-state index in [2.05, 4.69) is 4.72 Å². The Morgan fingerprint density at radius 1 is 1.33 bits per heavy atom. The van der Waals surface area contributed by atoms with Crippen molar-refractivity contribution in [2.75, 3.05) is 0 Å². The van der Waals surface area contributed by atoms with Gasteiger partial charge in [0, 0.05) is 17.6 Å². The lowest BCUT2D eigenvalue weighted by Crippen LogP contribution is -2.32. The van der Waals surface area contributed by atoms with Crippen molar-refractivity contribution in [3.8, 4) is 0 Å². The molecule has 0 aliphatic heterocycles. The van der Waals surface area contributed by atoms with Gasteiger partial charge in [-0.1, -0.05) is 24.4 Å². The number of nitrogens with two attached hydrogens (primary N) is 1. The fourth-order valence-corrected chi connectivity index (χ4v) is 3.76. The number of halogens is 1. The van der Waals surface area contributed by atoms with Crippen LogP contribution in [0.15, 0.2) is 23.1 Å². The predicted molar refractivity (Wildman–Crippen MR) is 71.9 cm³/mol. The first-order valence-electron chi connectivity index (χ1n) is 6.04. The van der Waals surface area contributed by atoms with Crippen LogP contribution in [-0.2, 0) is 16.6 Å². The molecule has 3 N–H and O–H groups in total. The minimum atomic E-state index is -3.46. The first-order valence-corrected chi connectivity index (χ1v) is 7.90. The van der Waals surface area contributed by atoms with Crippen molar-refractivity contribution in [2.24, 2.45) is 5.73 Å². The van der Waals surface area contributed by atoms with E-state index in [0.717, 1.165) is 25.7 Å². The molecule has 0 spiro atoms. The highest BCUT2D eigenvalue weighted by molar-refractivity contribution is 7.89. The lowest BCUT2D eigenvalue weighted by Gasteiger charge is -2.13. The van der Waals surface area contributed by atoms with Crippen molar-refractivity contribution in [3.63, 3.8) is 0 Å². The highest BCUT2D eigenvalue weighted by atomic mass is 35.5. The SMILES string of the molecule is NCc1cc(S(=O)(=O)NC2CCCC2)ccc1Cl.